The van der Waals surface area contributed by atoms with E-state index in [1.54, 1.807) is 0 Å². The zero-order valence-electron chi connectivity index (χ0n) is 13.0. The summed E-state index contributed by atoms with van der Waals surface area (Å²) >= 11 is 0. The largest absolute Gasteiger partial charge is 0.461 e. The molecule has 4 heteroatoms. The van der Waals surface area contributed by atoms with E-state index in [0.29, 0.717) is 19.1 Å². The van der Waals surface area contributed by atoms with Crippen LogP contribution in [0.25, 0.3) is 0 Å². The predicted molar refractivity (Wildman–Crippen MR) is 83.8 cm³/mol. The van der Waals surface area contributed by atoms with Gasteiger partial charge in [-0.1, -0.05) is 44.2 Å². The minimum atomic E-state index is -0.171. The van der Waals surface area contributed by atoms with Gasteiger partial charge < -0.3 is 15.2 Å². The van der Waals surface area contributed by atoms with Crippen molar-refractivity contribution in [3.63, 3.8) is 0 Å². The minimum Gasteiger partial charge on any atom is -0.461 e. The molecule has 0 spiro atoms. The molecule has 0 aliphatic carbocycles. The molecule has 2 atom stereocenters. The first-order chi connectivity index (χ1) is 10.1. The second-order valence-electron chi connectivity index (χ2n) is 5.63. The Hall–Kier alpha value is -1.39. The third-order valence-corrected chi connectivity index (χ3v) is 3.44. The van der Waals surface area contributed by atoms with Crippen LogP contribution in [-0.2, 0) is 16.1 Å². The quantitative estimate of drug-likeness (QED) is 0.513. The van der Waals surface area contributed by atoms with E-state index in [0.717, 1.165) is 24.9 Å². The number of aliphatic hydroxyl groups excluding tert-OH is 1. The Bertz CT molecular complexity index is 394. The maximum absolute atomic E-state index is 11.8. The fraction of sp³-hybridized carbons (Fsp3) is 0.588. The lowest BCUT2D eigenvalue weighted by atomic mass is 10.1. The fourth-order valence-electron chi connectivity index (χ4n) is 1.94. The second kappa shape index (κ2) is 10.4. The van der Waals surface area contributed by atoms with E-state index < -0.39 is 0 Å². The van der Waals surface area contributed by atoms with Crippen molar-refractivity contribution in [2.75, 3.05) is 19.7 Å². The summed E-state index contributed by atoms with van der Waals surface area (Å²) in [5, 5.41) is 12.2. The van der Waals surface area contributed by atoms with Crippen LogP contribution in [0.1, 0.15) is 32.3 Å². The van der Waals surface area contributed by atoms with Crippen LogP contribution in [0, 0.1) is 11.8 Å². The Morgan fingerprint density at radius 1 is 1.29 bits per heavy atom. The molecule has 1 aromatic rings. The highest BCUT2D eigenvalue weighted by atomic mass is 16.5. The molecule has 0 saturated carbocycles. The van der Waals surface area contributed by atoms with Crippen molar-refractivity contribution in [1.82, 2.24) is 5.32 Å². The number of hydrogen-bond acceptors (Lipinski definition) is 4. The average molecular weight is 293 g/mol. The first-order valence-electron chi connectivity index (χ1n) is 7.65. The third-order valence-electron chi connectivity index (χ3n) is 3.44. The van der Waals surface area contributed by atoms with Gasteiger partial charge in [0.1, 0.15) is 6.61 Å². The van der Waals surface area contributed by atoms with Gasteiger partial charge in [0.25, 0.3) is 0 Å². The maximum Gasteiger partial charge on any atom is 0.310 e. The van der Waals surface area contributed by atoms with Crippen molar-refractivity contribution in [2.24, 2.45) is 11.8 Å². The number of ether oxygens (including phenoxy) is 1. The van der Waals surface area contributed by atoms with Gasteiger partial charge in [-0.25, -0.2) is 0 Å². The minimum absolute atomic E-state index is 0.149. The molecule has 0 aromatic heterocycles. The van der Waals surface area contributed by atoms with E-state index >= 15 is 0 Å². The van der Waals surface area contributed by atoms with Crippen molar-refractivity contribution in [3.05, 3.63) is 35.9 Å². The first kappa shape index (κ1) is 17.7. The average Bonchev–Trinajstić information content (AvgIpc) is 2.52. The van der Waals surface area contributed by atoms with E-state index in [1.807, 2.05) is 44.2 Å². The van der Waals surface area contributed by atoms with Gasteiger partial charge in [-0.05, 0) is 30.9 Å². The van der Waals surface area contributed by atoms with Crippen LogP contribution in [0.3, 0.4) is 0 Å². The van der Waals surface area contributed by atoms with Crippen molar-refractivity contribution < 1.29 is 14.6 Å². The lowest BCUT2D eigenvalue weighted by Crippen LogP contribution is -2.28. The van der Waals surface area contributed by atoms with Gasteiger partial charge in [-0.3, -0.25) is 4.79 Å². The van der Waals surface area contributed by atoms with Gasteiger partial charge in [-0.2, -0.15) is 0 Å². The Morgan fingerprint density at radius 3 is 2.67 bits per heavy atom. The molecule has 2 N–H and O–H groups in total. The van der Waals surface area contributed by atoms with Crippen LogP contribution in [0.15, 0.2) is 30.3 Å². The number of esters is 1. The molecule has 0 aliphatic heterocycles. The van der Waals surface area contributed by atoms with Crippen molar-refractivity contribution in [2.45, 2.75) is 33.3 Å². The summed E-state index contributed by atoms with van der Waals surface area (Å²) in [5.41, 5.74) is 1.00. The molecule has 21 heavy (non-hydrogen) atoms. The zero-order chi connectivity index (χ0) is 15.5. The first-order valence-corrected chi connectivity index (χ1v) is 7.65. The Morgan fingerprint density at radius 2 is 2.00 bits per heavy atom. The van der Waals surface area contributed by atoms with Crippen molar-refractivity contribution in [1.29, 1.82) is 0 Å². The SMILES string of the molecule is CC(CO)CCCNCC(C)C(=O)OCc1ccccc1. The third kappa shape index (κ3) is 7.83. The van der Waals surface area contributed by atoms with Crippen molar-refractivity contribution in [3.8, 4) is 0 Å². The summed E-state index contributed by atoms with van der Waals surface area (Å²) in [6.45, 7) is 5.96. The molecule has 0 bridgehead atoms. The van der Waals surface area contributed by atoms with Gasteiger partial charge in [-0.15, -0.1) is 0 Å². The van der Waals surface area contributed by atoms with Gasteiger partial charge in [0.2, 0.25) is 0 Å². The van der Waals surface area contributed by atoms with Gasteiger partial charge in [0.05, 0.1) is 5.92 Å². The van der Waals surface area contributed by atoms with Crippen LogP contribution < -0.4 is 5.32 Å². The molecule has 0 radical (unpaired) electrons. The van der Waals surface area contributed by atoms with Gasteiger partial charge in [0.15, 0.2) is 0 Å². The van der Waals surface area contributed by atoms with Crippen LogP contribution in [0.5, 0.6) is 0 Å². The molecule has 2 unspecified atom stereocenters. The van der Waals surface area contributed by atoms with Crippen LogP contribution in [0.2, 0.25) is 0 Å². The number of aliphatic hydroxyl groups is 1. The number of rotatable bonds is 10. The monoisotopic (exact) mass is 293 g/mol. The highest BCUT2D eigenvalue weighted by Crippen LogP contribution is 2.05. The van der Waals surface area contributed by atoms with E-state index in [2.05, 4.69) is 5.32 Å². The van der Waals surface area contributed by atoms with E-state index in [1.165, 1.54) is 0 Å². The number of nitrogens with one attached hydrogen (secondary N) is 1. The summed E-state index contributed by atoms with van der Waals surface area (Å²) in [7, 11) is 0. The standard InChI is InChI=1S/C17H27NO3/c1-14(12-19)7-6-10-18-11-15(2)17(20)21-13-16-8-4-3-5-9-16/h3-5,8-9,14-15,18-19H,6-7,10-13H2,1-2H3. The Kier molecular flexibility index (Phi) is 8.71. The van der Waals surface area contributed by atoms with Crippen molar-refractivity contribution >= 4 is 5.97 Å². The normalized spacial score (nSPS) is 13.7. The highest BCUT2D eigenvalue weighted by Gasteiger charge is 2.13. The summed E-state index contributed by atoms with van der Waals surface area (Å²) in [6, 6.07) is 9.69. The zero-order valence-corrected chi connectivity index (χ0v) is 13.0. The summed E-state index contributed by atoms with van der Waals surface area (Å²) in [5.74, 6) is 0.0270. The number of carbonyl (C=O) groups is 1. The Balaban J connectivity index is 2.11. The Labute approximate surface area is 127 Å². The van der Waals surface area contributed by atoms with E-state index in [-0.39, 0.29) is 18.5 Å². The molecule has 1 rings (SSSR count). The topological polar surface area (TPSA) is 58.6 Å². The molecule has 0 amide bonds. The highest BCUT2D eigenvalue weighted by molar-refractivity contribution is 5.72. The summed E-state index contributed by atoms with van der Waals surface area (Å²) in [6.07, 6.45) is 2.00. The lowest BCUT2D eigenvalue weighted by Gasteiger charge is -2.13. The van der Waals surface area contributed by atoms with Gasteiger partial charge in [0, 0.05) is 13.2 Å². The molecule has 0 aliphatic rings. The molecule has 118 valence electrons. The number of carbonyl (C=O) groups excluding carboxylic acids is 1. The number of benzene rings is 1. The summed E-state index contributed by atoms with van der Waals surface area (Å²) in [4.78, 5) is 11.8. The second-order valence-corrected chi connectivity index (χ2v) is 5.63. The van der Waals surface area contributed by atoms with Crippen LogP contribution in [0.4, 0.5) is 0 Å². The van der Waals surface area contributed by atoms with Crippen LogP contribution in [-0.4, -0.2) is 30.8 Å². The molecule has 0 heterocycles. The summed E-state index contributed by atoms with van der Waals surface area (Å²) < 4.78 is 5.29. The molecule has 0 fully saturated rings. The van der Waals surface area contributed by atoms with Crippen LogP contribution >= 0.6 is 0 Å². The van der Waals surface area contributed by atoms with E-state index in [4.69, 9.17) is 9.84 Å². The van der Waals surface area contributed by atoms with Gasteiger partial charge >= 0.3 is 5.97 Å². The number of hydrogen-bond donors (Lipinski definition) is 2. The predicted octanol–water partition coefficient (Wildman–Crippen LogP) is 2.36. The molecular formula is C17H27NO3. The lowest BCUT2D eigenvalue weighted by molar-refractivity contribution is -0.149. The smallest absolute Gasteiger partial charge is 0.310 e. The molecule has 4 nitrogen and oxygen atoms in total. The fourth-order valence-corrected chi connectivity index (χ4v) is 1.94. The molecule has 0 saturated heterocycles. The maximum atomic E-state index is 11.8. The molecular weight excluding hydrogens is 266 g/mol. The van der Waals surface area contributed by atoms with E-state index in [9.17, 15) is 4.79 Å². The molecule has 1 aromatic carbocycles.